The summed E-state index contributed by atoms with van der Waals surface area (Å²) in [6.07, 6.45) is 1.39. The molecule has 1 aliphatic rings. The minimum Gasteiger partial charge on any atom is -0.461 e. The quantitative estimate of drug-likeness (QED) is 0.242. The van der Waals surface area contributed by atoms with E-state index in [1.54, 1.807) is 40.7 Å². The second kappa shape index (κ2) is 15.2. The first-order valence-electron chi connectivity index (χ1n) is 13.0. The van der Waals surface area contributed by atoms with Crippen LogP contribution in [0.25, 0.3) is 0 Å². The van der Waals surface area contributed by atoms with Gasteiger partial charge in [-0.1, -0.05) is 25.3 Å². The third kappa shape index (κ3) is 11.0. The summed E-state index contributed by atoms with van der Waals surface area (Å²) in [7, 11) is 0. The van der Waals surface area contributed by atoms with Crippen molar-refractivity contribution >= 4 is 24.2 Å². The molecule has 11 heteroatoms. The molecule has 0 radical (unpaired) electrons. The van der Waals surface area contributed by atoms with Crippen LogP contribution < -0.4 is 15.2 Å². The Balaban J connectivity index is 1.97. The second-order valence-corrected chi connectivity index (χ2v) is 9.84. The largest absolute Gasteiger partial charge is 0.514 e. The molecule has 0 aromatic heterocycles. The van der Waals surface area contributed by atoms with E-state index in [0.717, 1.165) is 32.1 Å². The Morgan fingerprint density at radius 3 is 2.00 bits per heavy atom. The number of carbonyl (C=O) groups excluding carboxylic acids is 4. The van der Waals surface area contributed by atoms with E-state index in [1.165, 1.54) is 12.1 Å². The summed E-state index contributed by atoms with van der Waals surface area (Å²) in [6.45, 7) is 8.15. The highest BCUT2D eigenvalue weighted by Gasteiger charge is 2.25. The summed E-state index contributed by atoms with van der Waals surface area (Å²) in [5.74, 6) is -1.24. The Hall–Kier alpha value is -3.34. The first kappa shape index (κ1) is 30.9. The summed E-state index contributed by atoms with van der Waals surface area (Å²) in [5, 5.41) is 0. The van der Waals surface area contributed by atoms with Gasteiger partial charge in [0.1, 0.15) is 18.8 Å². The van der Waals surface area contributed by atoms with Crippen LogP contribution in [0, 0.1) is 5.92 Å². The Morgan fingerprint density at radius 2 is 1.42 bits per heavy atom. The fourth-order valence-corrected chi connectivity index (χ4v) is 3.77. The number of hydrogen-bond acceptors (Lipinski definition) is 11. The van der Waals surface area contributed by atoms with Gasteiger partial charge in [-0.15, -0.1) is 0 Å². The number of ether oxygens (including phenoxy) is 6. The minimum atomic E-state index is -1.05. The lowest BCUT2D eigenvalue weighted by molar-refractivity contribution is -0.162. The van der Waals surface area contributed by atoms with E-state index in [0.29, 0.717) is 5.56 Å². The van der Waals surface area contributed by atoms with E-state index < -0.39 is 42.6 Å². The molecule has 38 heavy (non-hydrogen) atoms. The van der Waals surface area contributed by atoms with Gasteiger partial charge in [0.2, 0.25) is 0 Å². The lowest BCUT2D eigenvalue weighted by Gasteiger charge is -2.22. The second-order valence-electron chi connectivity index (χ2n) is 9.84. The van der Waals surface area contributed by atoms with E-state index in [-0.39, 0.29) is 36.4 Å². The van der Waals surface area contributed by atoms with Gasteiger partial charge in [0.25, 0.3) is 0 Å². The Morgan fingerprint density at radius 1 is 0.842 bits per heavy atom. The third-order valence-electron chi connectivity index (χ3n) is 5.53. The standard InChI is InChI=1S/C27H39NO10/c1-16(2)34-26(31)37-22-12-11-19(14-23(22)38-27(32)35-17(3)4)13-21(28)25(30)33-15-18(5)36-24(29)20-9-7-6-8-10-20/h11-12,14,16-18,20-21H,6-10,13,15,28H2,1-5H3/t18-,21-/m0/s1. The van der Waals surface area contributed by atoms with Crippen LogP contribution in [0.15, 0.2) is 18.2 Å². The van der Waals surface area contributed by atoms with Crippen LogP contribution in [-0.4, -0.2) is 55.2 Å². The predicted octanol–water partition coefficient (Wildman–Crippen LogP) is 4.46. The first-order chi connectivity index (χ1) is 17.9. The molecule has 0 aliphatic heterocycles. The molecular formula is C27H39NO10. The molecule has 1 aromatic carbocycles. The van der Waals surface area contributed by atoms with Crippen molar-refractivity contribution in [3.05, 3.63) is 23.8 Å². The molecule has 212 valence electrons. The lowest BCUT2D eigenvalue weighted by atomic mass is 9.89. The molecule has 0 unspecified atom stereocenters. The van der Waals surface area contributed by atoms with E-state index in [1.807, 2.05) is 0 Å². The van der Waals surface area contributed by atoms with E-state index in [9.17, 15) is 19.2 Å². The van der Waals surface area contributed by atoms with Crippen molar-refractivity contribution in [2.45, 2.75) is 97.5 Å². The number of benzene rings is 1. The van der Waals surface area contributed by atoms with Gasteiger partial charge in [-0.3, -0.25) is 9.59 Å². The van der Waals surface area contributed by atoms with Crippen LogP contribution in [0.5, 0.6) is 11.5 Å². The lowest BCUT2D eigenvalue weighted by Crippen LogP contribution is -2.36. The fraction of sp³-hybridized carbons (Fsp3) is 0.630. The zero-order valence-electron chi connectivity index (χ0n) is 22.7. The average molecular weight is 538 g/mol. The van der Waals surface area contributed by atoms with Gasteiger partial charge in [0.05, 0.1) is 18.1 Å². The SMILES string of the molecule is CC(C)OC(=O)Oc1ccc(C[C@H](N)C(=O)OC[C@H](C)OC(=O)C2CCCCC2)cc1OC(=O)OC(C)C. The van der Waals surface area contributed by atoms with E-state index in [4.69, 9.17) is 34.2 Å². The van der Waals surface area contributed by atoms with Crippen molar-refractivity contribution in [3.8, 4) is 11.5 Å². The van der Waals surface area contributed by atoms with Gasteiger partial charge in [0, 0.05) is 0 Å². The molecule has 0 saturated heterocycles. The molecular weight excluding hydrogens is 498 g/mol. The van der Waals surface area contributed by atoms with Crippen LogP contribution in [-0.2, 0) is 35.0 Å². The zero-order valence-corrected chi connectivity index (χ0v) is 22.7. The molecule has 11 nitrogen and oxygen atoms in total. The van der Waals surface area contributed by atoms with Crippen molar-refractivity contribution in [2.24, 2.45) is 11.7 Å². The monoisotopic (exact) mass is 537 g/mol. The maximum atomic E-state index is 12.5. The Kier molecular flexibility index (Phi) is 12.3. The molecule has 0 spiro atoms. The van der Waals surface area contributed by atoms with Crippen molar-refractivity contribution < 1.29 is 47.6 Å². The number of carbonyl (C=O) groups is 4. The van der Waals surface area contributed by atoms with Crippen molar-refractivity contribution in [2.75, 3.05) is 6.61 Å². The molecule has 0 bridgehead atoms. The highest BCUT2D eigenvalue weighted by atomic mass is 16.7. The summed E-state index contributed by atoms with van der Waals surface area (Å²) in [6, 6.07) is 3.30. The van der Waals surface area contributed by atoms with Crippen LogP contribution in [0.3, 0.4) is 0 Å². The van der Waals surface area contributed by atoms with Gasteiger partial charge in [-0.2, -0.15) is 0 Å². The summed E-state index contributed by atoms with van der Waals surface area (Å²) >= 11 is 0. The molecule has 0 amide bonds. The Bertz CT molecular complexity index is 955. The fourth-order valence-electron chi connectivity index (χ4n) is 3.77. The Labute approximate surface area is 223 Å². The minimum absolute atomic E-state index is 0.0292. The van der Waals surface area contributed by atoms with Crippen molar-refractivity contribution in [1.82, 2.24) is 0 Å². The van der Waals surface area contributed by atoms with Gasteiger partial charge < -0.3 is 34.2 Å². The molecule has 2 rings (SSSR count). The van der Waals surface area contributed by atoms with Gasteiger partial charge in [0.15, 0.2) is 11.5 Å². The predicted molar refractivity (Wildman–Crippen MR) is 136 cm³/mol. The molecule has 2 N–H and O–H groups in total. The molecule has 1 aliphatic carbocycles. The number of rotatable bonds is 11. The van der Waals surface area contributed by atoms with Crippen LogP contribution in [0.2, 0.25) is 0 Å². The van der Waals surface area contributed by atoms with Crippen LogP contribution >= 0.6 is 0 Å². The highest BCUT2D eigenvalue weighted by Crippen LogP contribution is 2.30. The third-order valence-corrected chi connectivity index (χ3v) is 5.53. The maximum Gasteiger partial charge on any atom is 0.514 e. The van der Waals surface area contributed by atoms with Crippen LogP contribution in [0.1, 0.15) is 72.3 Å². The number of hydrogen-bond donors (Lipinski definition) is 1. The average Bonchev–Trinajstić information content (AvgIpc) is 2.83. The zero-order chi connectivity index (χ0) is 28.2. The van der Waals surface area contributed by atoms with Gasteiger partial charge >= 0.3 is 24.2 Å². The van der Waals surface area contributed by atoms with Crippen molar-refractivity contribution in [3.63, 3.8) is 0 Å². The normalized spacial score (nSPS) is 15.4. The van der Waals surface area contributed by atoms with E-state index in [2.05, 4.69) is 0 Å². The van der Waals surface area contributed by atoms with E-state index >= 15 is 0 Å². The molecule has 1 aromatic rings. The molecule has 2 atom stereocenters. The molecule has 1 saturated carbocycles. The smallest absolute Gasteiger partial charge is 0.461 e. The summed E-state index contributed by atoms with van der Waals surface area (Å²) < 4.78 is 31.0. The van der Waals surface area contributed by atoms with Crippen molar-refractivity contribution in [1.29, 1.82) is 0 Å². The van der Waals surface area contributed by atoms with Gasteiger partial charge in [-0.25, -0.2) is 9.59 Å². The molecule has 1 fully saturated rings. The number of nitrogens with two attached hydrogens (primary N) is 1. The van der Waals surface area contributed by atoms with Crippen LogP contribution in [0.4, 0.5) is 9.59 Å². The number of esters is 2. The highest BCUT2D eigenvalue weighted by molar-refractivity contribution is 5.76. The maximum absolute atomic E-state index is 12.5. The summed E-state index contributed by atoms with van der Waals surface area (Å²) in [5.41, 5.74) is 6.53. The first-order valence-corrected chi connectivity index (χ1v) is 13.0. The molecule has 0 heterocycles. The topological polar surface area (TPSA) is 150 Å². The summed E-state index contributed by atoms with van der Waals surface area (Å²) in [4.78, 5) is 48.7. The van der Waals surface area contributed by atoms with Gasteiger partial charge in [-0.05, 0) is 71.6 Å².